The first-order chi connectivity index (χ1) is 6.24. The Morgan fingerprint density at radius 1 is 1.77 bits per heavy atom. The molecule has 0 spiro atoms. The molecule has 0 unspecified atom stereocenters. The summed E-state index contributed by atoms with van der Waals surface area (Å²) < 4.78 is 0. The van der Waals surface area contributed by atoms with Gasteiger partial charge in [-0.1, -0.05) is 0 Å². The summed E-state index contributed by atoms with van der Waals surface area (Å²) in [4.78, 5) is 9.68. The van der Waals surface area contributed by atoms with Gasteiger partial charge in [-0.2, -0.15) is 0 Å². The van der Waals surface area contributed by atoms with Gasteiger partial charge in [0.2, 0.25) is 0 Å². The monoisotopic (exact) mass is 184 g/mol. The third kappa shape index (κ3) is 2.83. The molecule has 1 aliphatic heterocycles. The van der Waals surface area contributed by atoms with E-state index in [9.17, 15) is 10.1 Å². The Morgan fingerprint density at radius 3 is 3.00 bits per heavy atom. The van der Waals surface area contributed by atoms with Crippen LogP contribution in [-0.2, 0) is 0 Å². The Balaban J connectivity index is 2.43. The quantitative estimate of drug-likeness (QED) is 0.318. The summed E-state index contributed by atoms with van der Waals surface area (Å²) in [5.41, 5.74) is -0.216. The molecule has 0 bridgehead atoms. The molecule has 1 aliphatic rings. The van der Waals surface area contributed by atoms with E-state index in [4.69, 9.17) is 5.41 Å². The van der Waals surface area contributed by atoms with Gasteiger partial charge in [0.05, 0.1) is 17.3 Å². The van der Waals surface area contributed by atoms with Gasteiger partial charge in [0.15, 0.2) is 0 Å². The summed E-state index contributed by atoms with van der Waals surface area (Å²) in [6.45, 7) is 1.75. The second kappa shape index (κ2) is 4.56. The van der Waals surface area contributed by atoms with Crippen LogP contribution in [0.4, 0.5) is 0 Å². The standard InChI is InChI=1S/C7H12N4O2/c8-3-7(11(12)13)5-10-6-1-2-9-4-6/h3,5-6,8-10H,1-2,4H2/b7-5+,8-3?/t6-/m1/s1. The van der Waals surface area contributed by atoms with Crippen molar-refractivity contribution in [2.24, 2.45) is 0 Å². The fraction of sp³-hybridized carbons (Fsp3) is 0.571. The Morgan fingerprint density at radius 2 is 2.54 bits per heavy atom. The maximum absolute atomic E-state index is 10.3. The van der Waals surface area contributed by atoms with Crippen LogP contribution in [0.15, 0.2) is 11.9 Å². The molecule has 0 aliphatic carbocycles. The molecule has 0 aromatic heterocycles. The minimum absolute atomic E-state index is 0.216. The maximum Gasteiger partial charge on any atom is 0.302 e. The molecule has 0 amide bonds. The second-order valence-corrected chi connectivity index (χ2v) is 2.83. The Kier molecular flexibility index (Phi) is 3.39. The number of allylic oxidation sites excluding steroid dienone is 1. The summed E-state index contributed by atoms with van der Waals surface area (Å²) >= 11 is 0. The van der Waals surface area contributed by atoms with Gasteiger partial charge in [-0.25, -0.2) is 0 Å². The van der Waals surface area contributed by atoms with Crippen LogP contribution in [0.25, 0.3) is 0 Å². The highest BCUT2D eigenvalue weighted by Gasteiger charge is 2.13. The number of hydrogen-bond acceptors (Lipinski definition) is 5. The SMILES string of the molecule is N=C/C(=C\N[C@@H]1CCNC1)[N+](=O)[O-]. The van der Waals surface area contributed by atoms with Crippen molar-refractivity contribution < 1.29 is 4.92 Å². The van der Waals surface area contributed by atoms with Crippen LogP contribution in [0.3, 0.4) is 0 Å². The van der Waals surface area contributed by atoms with E-state index in [2.05, 4.69) is 10.6 Å². The van der Waals surface area contributed by atoms with Crippen LogP contribution < -0.4 is 10.6 Å². The summed E-state index contributed by atoms with van der Waals surface area (Å²) in [5.74, 6) is 0. The second-order valence-electron chi connectivity index (χ2n) is 2.83. The average Bonchev–Trinajstić information content (AvgIpc) is 2.57. The van der Waals surface area contributed by atoms with E-state index in [-0.39, 0.29) is 11.7 Å². The summed E-state index contributed by atoms with van der Waals surface area (Å²) in [5, 5.41) is 23.1. The molecule has 0 aromatic carbocycles. The zero-order valence-corrected chi connectivity index (χ0v) is 7.12. The molecular formula is C7H12N4O2. The Hall–Kier alpha value is -1.43. The minimum Gasteiger partial charge on any atom is -0.381 e. The van der Waals surface area contributed by atoms with E-state index in [0.717, 1.165) is 25.7 Å². The third-order valence-electron chi connectivity index (χ3n) is 1.89. The lowest BCUT2D eigenvalue weighted by Crippen LogP contribution is -2.27. The lowest BCUT2D eigenvalue weighted by atomic mass is 10.3. The van der Waals surface area contributed by atoms with Crippen LogP contribution in [0, 0.1) is 15.5 Å². The van der Waals surface area contributed by atoms with E-state index in [1.807, 2.05) is 0 Å². The van der Waals surface area contributed by atoms with Crippen LogP contribution in [-0.4, -0.2) is 30.3 Å². The van der Waals surface area contributed by atoms with Crippen LogP contribution in [0.5, 0.6) is 0 Å². The van der Waals surface area contributed by atoms with E-state index in [1.165, 1.54) is 6.20 Å². The fourth-order valence-corrected chi connectivity index (χ4v) is 1.15. The van der Waals surface area contributed by atoms with Gasteiger partial charge in [-0.3, -0.25) is 10.1 Å². The topological polar surface area (TPSA) is 91.1 Å². The average molecular weight is 184 g/mol. The molecule has 1 rings (SSSR count). The highest BCUT2D eigenvalue weighted by molar-refractivity contribution is 5.71. The molecule has 1 saturated heterocycles. The molecule has 72 valence electrons. The van der Waals surface area contributed by atoms with Crippen molar-refractivity contribution in [3.63, 3.8) is 0 Å². The van der Waals surface area contributed by atoms with E-state index >= 15 is 0 Å². The molecule has 1 fully saturated rings. The number of nitrogens with one attached hydrogen (secondary N) is 3. The highest BCUT2D eigenvalue weighted by atomic mass is 16.6. The molecular weight excluding hydrogens is 172 g/mol. The zero-order valence-electron chi connectivity index (χ0n) is 7.12. The largest absolute Gasteiger partial charge is 0.381 e. The molecule has 1 atom stereocenters. The molecule has 6 nitrogen and oxygen atoms in total. The van der Waals surface area contributed by atoms with Crippen LogP contribution in [0.1, 0.15) is 6.42 Å². The van der Waals surface area contributed by atoms with Crippen LogP contribution >= 0.6 is 0 Å². The molecule has 13 heavy (non-hydrogen) atoms. The van der Waals surface area contributed by atoms with Gasteiger partial charge in [-0.05, 0) is 13.0 Å². The lowest BCUT2D eigenvalue weighted by molar-refractivity contribution is -0.414. The van der Waals surface area contributed by atoms with Gasteiger partial charge in [-0.15, -0.1) is 0 Å². The fourth-order valence-electron chi connectivity index (χ4n) is 1.15. The molecule has 0 radical (unpaired) electrons. The Labute approximate surface area is 75.7 Å². The van der Waals surface area contributed by atoms with E-state index in [0.29, 0.717) is 0 Å². The van der Waals surface area contributed by atoms with Gasteiger partial charge in [0, 0.05) is 12.6 Å². The minimum atomic E-state index is -0.581. The normalized spacial score (nSPS) is 22.8. The lowest BCUT2D eigenvalue weighted by Gasteiger charge is -2.06. The van der Waals surface area contributed by atoms with E-state index in [1.54, 1.807) is 0 Å². The summed E-state index contributed by atoms with van der Waals surface area (Å²) in [6.07, 6.45) is 2.97. The van der Waals surface area contributed by atoms with Crippen molar-refractivity contribution in [3.8, 4) is 0 Å². The van der Waals surface area contributed by atoms with Crippen molar-refractivity contribution in [2.75, 3.05) is 13.1 Å². The van der Waals surface area contributed by atoms with E-state index < -0.39 is 4.92 Å². The first-order valence-corrected chi connectivity index (χ1v) is 4.06. The molecule has 0 aromatic rings. The molecule has 1 heterocycles. The van der Waals surface area contributed by atoms with Gasteiger partial charge >= 0.3 is 5.70 Å². The van der Waals surface area contributed by atoms with Crippen molar-refractivity contribution in [1.82, 2.24) is 10.6 Å². The van der Waals surface area contributed by atoms with Gasteiger partial charge in [0.25, 0.3) is 0 Å². The maximum atomic E-state index is 10.3. The highest BCUT2D eigenvalue weighted by Crippen LogP contribution is 1.97. The van der Waals surface area contributed by atoms with Crippen molar-refractivity contribution in [2.45, 2.75) is 12.5 Å². The van der Waals surface area contributed by atoms with Crippen LogP contribution in [0.2, 0.25) is 0 Å². The van der Waals surface area contributed by atoms with Gasteiger partial charge in [0.1, 0.15) is 0 Å². The zero-order chi connectivity index (χ0) is 9.68. The van der Waals surface area contributed by atoms with Gasteiger partial charge < -0.3 is 16.0 Å². The number of nitro groups is 1. The smallest absolute Gasteiger partial charge is 0.302 e. The van der Waals surface area contributed by atoms with Crippen molar-refractivity contribution in [3.05, 3.63) is 22.0 Å². The van der Waals surface area contributed by atoms with Crippen molar-refractivity contribution in [1.29, 1.82) is 5.41 Å². The third-order valence-corrected chi connectivity index (χ3v) is 1.89. The first kappa shape index (κ1) is 9.66. The number of rotatable bonds is 4. The predicted molar refractivity (Wildman–Crippen MR) is 48.3 cm³/mol. The summed E-state index contributed by atoms with van der Waals surface area (Å²) in [7, 11) is 0. The molecule has 0 saturated carbocycles. The predicted octanol–water partition coefficient (Wildman–Crippen LogP) is -0.294. The summed E-state index contributed by atoms with van der Waals surface area (Å²) in [6, 6.07) is 0.245. The number of hydrogen-bond donors (Lipinski definition) is 3. The number of nitrogens with zero attached hydrogens (tertiary/aromatic N) is 1. The Bertz CT molecular complexity index is 233. The molecule has 3 N–H and O–H groups in total. The first-order valence-electron chi connectivity index (χ1n) is 4.06. The van der Waals surface area contributed by atoms with Crippen molar-refractivity contribution >= 4 is 6.21 Å². The molecule has 6 heteroatoms.